The van der Waals surface area contributed by atoms with Crippen LogP contribution in [0, 0.1) is 0 Å². The first-order valence-electron chi connectivity index (χ1n) is 6.32. The molecule has 2 aromatic carbocycles. The van der Waals surface area contributed by atoms with Crippen LogP contribution in [0.4, 0.5) is 0 Å². The van der Waals surface area contributed by atoms with Gasteiger partial charge in [0.05, 0.1) is 0 Å². The summed E-state index contributed by atoms with van der Waals surface area (Å²) in [5.41, 5.74) is 2.20. The van der Waals surface area contributed by atoms with Crippen LogP contribution in [0.2, 0.25) is 0 Å². The van der Waals surface area contributed by atoms with Crippen molar-refractivity contribution in [2.75, 3.05) is 0 Å². The van der Waals surface area contributed by atoms with Crippen LogP contribution >= 0.6 is 0 Å². The average molecular weight is 263 g/mol. The van der Waals surface area contributed by atoms with E-state index < -0.39 is 0 Å². The van der Waals surface area contributed by atoms with Crippen LogP contribution in [0.1, 0.15) is 0 Å². The van der Waals surface area contributed by atoms with Gasteiger partial charge in [-0.15, -0.1) is 0 Å². The van der Waals surface area contributed by atoms with Gasteiger partial charge in [-0.25, -0.2) is 0 Å². The van der Waals surface area contributed by atoms with Crippen molar-refractivity contribution in [2.24, 2.45) is 0 Å². The molecule has 0 aliphatic carbocycles. The number of nitrogens with zero attached hydrogens (tertiary/aromatic N) is 1. The number of benzene rings is 2. The summed E-state index contributed by atoms with van der Waals surface area (Å²) < 4.78 is 1.57. The van der Waals surface area contributed by atoms with Gasteiger partial charge in [0, 0.05) is 29.1 Å². The molecule has 0 unspecified atom stereocenters. The Morgan fingerprint density at radius 3 is 2.25 bits per heavy atom. The molecular weight excluding hydrogens is 250 g/mol. The highest BCUT2D eigenvalue weighted by Crippen LogP contribution is 2.27. The summed E-state index contributed by atoms with van der Waals surface area (Å²) in [7, 11) is 0. The molecule has 0 atom stereocenters. The van der Waals surface area contributed by atoms with E-state index in [1.807, 2.05) is 42.5 Å². The predicted molar refractivity (Wildman–Crippen MR) is 79.1 cm³/mol. The van der Waals surface area contributed by atoms with E-state index in [0.29, 0.717) is 5.56 Å². The number of phenolic OH excluding ortho intramolecular Hbond substituents is 1. The number of rotatable bonds is 2. The molecule has 0 aliphatic heterocycles. The molecule has 20 heavy (non-hydrogen) atoms. The van der Waals surface area contributed by atoms with E-state index in [1.165, 1.54) is 6.07 Å². The second kappa shape index (κ2) is 5.05. The molecule has 0 spiro atoms. The van der Waals surface area contributed by atoms with E-state index in [1.54, 1.807) is 29.0 Å². The molecule has 3 heteroatoms. The Kier molecular flexibility index (Phi) is 3.09. The average Bonchev–Trinajstić information content (AvgIpc) is 2.49. The van der Waals surface area contributed by atoms with Crippen LogP contribution in [0.3, 0.4) is 0 Å². The monoisotopic (exact) mass is 263 g/mol. The fourth-order valence-corrected chi connectivity index (χ4v) is 2.15. The molecule has 0 amide bonds. The molecule has 0 bridgehead atoms. The molecule has 0 fully saturated rings. The topological polar surface area (TPSA) is 42.2 Å². The normalized spacial score (nSPS) is 10.4. The molecule has 0 saturated carbocycles. The quantitative estimate of drug-likeness (QED) is 0.771. The molecular formula is C17H13NO2. The summed E-state index contributed by atoms with van der Waals surface area (Å²) >= 11 is 0. The molecule has 0 radical (unpaired) electrons. The van der Waals surface area contributed by atoms with Crippen molar-refractivity contribution >= 4 is 0 Å². The number of para-hydroxylation sites is 2. The summed E-state index contributed by atoms with van der Waals surface area (Å²) in [5.74, 6) is 0.200. The second-order valence-corrected chi connectivity index (χ2v) is 4.48. The van der Waals surface area contributed by atoms with E-state index >= 15 is 0 Å². The Bertz CT molecular complexity index is 791. The van der Waals surface area contributed by atoms with Crippen molar-refractivity contribution in [2.45, 2.75) is 0 Å². The molecule has 0 aliphatic rings. The minimum Gasteiger partial charge on any atom is -0.507 e. The highest BCUT2D eigenvalue weighted by Gasteiger charge is 2.06. The van der Waals surface area contributed by atoms with Crippen molar-refractivity contribution in [1.82, 2.24) is 4.57 Å². The lowest BCUT2D eigenvalue weighted by Crippen LogP contribution is -2.16. The Morgan fingerprint density at radius 1 is 0.800 bits per heavy atom. The highest BCUT2D eigenvalue weighted by atomic mass is 16.3. The van der Waals surface area contributed by atoms with Crippen molar-refractivity contribution in [3.05, 3.63) is 83.3 Å². The number of aromatic nitrogens is 1. The molecule has 3 rings (SSSR count). The zero-order valence-corrected chi connectivity index (χ0v) is 10.7. The molecule has 1 N–H and O–H groups in total. The van der Waals surface area contributed by atoms with Crippen molar-refractivity contribution in [3.8, 4) is 22.6 Å². The fourth-order valence-electron chi connectivity index (χ4n) is 2.15. The van der Waals surface area contributed by atoms with E-state index in [4.69, 9.17) is 0 Å². The van der Waals surface area contributed by atoms with Crippen molar-refractivity contribution in [3.63, 3.8) is 0 Å². The van der Waals surface area contributed by atoms with Crippen LogP contribution in [0.25, 0.3) is 16.8 Å². The van der Waals surface area contributed by atoms with Gasteiger partial charge in [0.2, 0.25) is 0 Å². The smallest absolute Gasteiger partial charge is 0.255 e. The molecule has 98 valence electrons. The summed E-state index contributed by atoms with van der Waals surface area (Å²) in [6.07, 6.45) is 1.74. The highest BCUT2D eigenvalue weighted by molar-refractivity contribution is 5.69. The van der Waals surface area contributed by atoms with Crippen LogP contribution < -0.4 is 5.56 Å². The fraction of sp³-hybridized carbons (Fsp3) is 0. The van der Waals surface area contributed by atoms with Gasteiger partial charge in [-0.1, -0.05) is 36.4 Å². The van der Waals surface area contributed by atoms with Crippen molar-refractivity contribution < 1.29 is 5.11 Å². The van der Waals surface area contributed by atoms with E-state index in [-0.39, 0.29) is 11.3 Å². The molecule has 1 aromatic heterocycles. The minimum atomic E-state index is -0.102. The maximum absolute atomic E-state index is 12.0. The van der Waals surface area contributed by atoms with Gasteiger partial charge in [0.1, 0.15) is 5.75 Å². The van der Waals surface area contributed by atoms with Gasteiger partial charge in [-0.05, 0) is 24.3 Å². The zero-order valence-electron chi connectivity index (χ0n) is 10.7. The van der Waals surface area contributed by atoms with Gasteiger partial charge < -0.3 is 5.11 Å². The number of hydrogen-bond acceptors (Lipinski definition) is 2. The summed E-state index contributed by atoms with van der Waals surface area (Å²) in [4.78, 5) is 12.0. The third kappa shape index (κ3) is 2.21. The Balaban J connectivity index is 2.18. The van der Waals surface area contributed by atoms with Crippen LogP contribution in [0.15, 0.2) is 77.7 Å². The van der Waals surface area contributed by atoms with Crippen LogP contribution in [-0.2, 0) is 0 Å². The van der Waals surface area contributed by atoms with E-state index in [0.717, 1.165) is 11.3 Å². The lowest BCUT2D eigenvalue weighted by atomic mass is 10.1. The van der Waals surface area contributed by atoms with E-state index in [9.17, 15) is 9.90 Å². The number of pyridine rings is 1. The third-order valence-corrected chi connectivity index (χ3v) is 3.16. The van der Waals surface area contributed by atoms with Gasteiger partial charge in [0.25, 0.3) is 5.56 Å². The number of hydrogen-bond donors (Lipinski definition) is 1. The summed E-state index contributed by atoms with van der Waals surface area (Å²) in [6.45, 7) is 0. The first-order chi connectivity index (χ1) is 9.75. The van der Waals surface area contributed by atoms with Gasteiger partial charge in [-0.3, -0.25) is 9.36 Å². The minimum absolute atomic E-state index is 0.102. The largest absolute Gasteiger partial charge is 0.507 e. The predicted octanol–water partition coefficient (Wildman–Crippen LogP) is 3.21. The number of aromatic hydroxyl groups is 1. The number of phenols is 1. The van der Waals surface area contributed by atoms with Gasteiger partial charge >= 0.3 is 0 Å². The van der Waals surface area contributed by atoms with Crippen molar-refractivity contribution in [1.29, 1.82) is 0 Å². The van der Waals surface area contributed by atoms with E-state index in [2.05, 4.69) is 0 Å². The maximum Gasteiger partial charge on any atom is 0.255 e. The molecule has 3 aromatic rings. The van der Waals surface area contributed by atoms with Crippen LogP contribution in [0.5, 0.6) is 5.75 Å². The Labute approximate surface area is 116 Å². The molecule has 0 saturated heterocycles. The molecule has 1 heterocycles. The lowest BCUT2D eigenvalue weighted by Gasteiger charge is -2.09. The summed E-state index contributed by atoms with van der Waals surface area (Å²) in [5, 5.41) is 9.91. The Morgan fingerprint density at radius 2 is 1.50 bits per heavy atom. The first-order valence-corrected chi connectivity index (χ1v) is 6.32. The third-order valence-electron chi connectivity index (χ3n) is 3.16. The van der Waals surface area contributed by atoms with Gasteiger partial charge in [0.15, 0.2) is 0 Å². The second-order valence-electron chi connectivity index (χ2n) is 4.48. The summed E-state index contributed by atoms with van der Waals surface area (Å²) in [6, 6.07) is 19.7. The SMILES string of the molecule is O=c1ccc(-c2ccccc2O)cn1-c1ccccc1. The lowest BCUT2D eigenvalue weighted by molar-refractivity contribution is 0.477. The van der Waals surface area contributed by atoms with Crippen LogP contribution in [-0.4, -0.2) is 9.67 Å². The first kappa shape index (κ1) is 12.2. The zero-order chi connectivity index (χ0) is 13.9. The maximum atomic E-state index is 12.0. The standard InChI is InChI=1S/C17H13NO2/c19-16-9-5-4-8-15(16)13-10-11-17(20)18(12-13)14-6-2-1-3-7-14/h1-12,19H. The molecule has 3 nitrogen and oxygen atoms in total. The Hall–Kier alpha value is -2.81. The van der Waals surface area contributed by atoms with Gasteiger partial charge in [-0.2, -0.15) is 0 Å².